The molecule has 1 aliphatic carbocycles. The van der Waals surface area contributed by atoms with Crippen molar-refractivity contribution in [1.29, 1.82) is 5.26 Å². The number of aliphatic hydroxyl groups excluding tert-OH is 1. The fourth-order valence-electron chi connectivity index (χ4n) is 3.51. The second-order valence-corrected chi connectivity index (χ2v) is 6.01. The van der Waals surface area contributed by atoms with Crippen LogP contribution in [-0.2, 0) is 4.74 Å². The minimum atomic E-state index is -0.501. The highest BCUT2D eigenvalue weighted by Crippen LogP contribution is 2.29. The first kappa shape index (κ1) is 14.5. The zero-order valence-electron chi connectivity index (χ0n) is 12.2. The van der Waals surface area contributed by atoms with Crippen LogP contribution in [0, 0.1) is 11.3 Å². The van der Waals surface area contributed by atoms with Crippen LogP contribution in [0.3, 0.4) is 0 Å². The third-order valence-corrected chi connectivity index (χ3v) is 4.68. The predicted molar refractivity (Wildman–Crippen MR) is 79.7 cm³/mol. The van der Waals surface area contributed by atoms with E-state index in [1.54, 1.807) is 12.1 Å². The maximum absolute atomic E-state index is 10.5. The number of aliphatic hydroxyl groups is 1. The molecule has 3 rings (SSSR count). The summed E-state index contributed by atoms with van der Waals surface area (Å²) < 4.78 is 5.87. The zero-order valence-corrected chi connectivity index (χ0v) is 12.2. The van der Waals surface area contributed by atoms with Gasteiger partial charge in [-0.15, -0.1) is 0 Å². The molecule has 0 spiro atoms. The van der Waals surface area contributed by atoms with Crippen molar-refractivity contribution in [2.75, 3.05) is 19.7 Å². The number of rotatable bonds is 3. The Morgan fingerprint density at radius 2 is 2.05 bits per heavy atom. The molecule has 1 aromatic rings. The van der Waals surface area contributed by atoms with Crippen LogP contribution < -0.4 is 0 Å². The number of nitrogens with zero attached hydrogens (tertiary/aromatic N) is 2. The third-order valence-electron chi connectivity index (χ3n) is 4.68. The smallest absolute Gasteiger partial charge is 0.0991 e. The molecule has 1 saturated heterocycles. The average Bonchev–Trinajstić information content (AvgIpc) is 2.55. The Kier molecular flexibility index (Phi) is 4.54. The monoisotopic (exact) mass is 286 g/mol. The summed E-state index contributed by atoms with van der Waals surface area (Å²) in [6, 6.07) is 9.79. The first-order valence-corrected chi connectivity index (χ1v) is 7.81. The maximum atomic E-state index is 10.5. The number of hydrogen-bond donors (Lipinski definition) is 1. The Hall–Kier alpha value is -1.41. The van der Waals surface area contributed by atoms with Crippen LogP contribution in [0.1, 0.15) is 42.9 Å². The number of nitriles is 1. The highest BCUT2D eigenvalue weighted by Gasteiger charge is 2.34. The van der Waals surface area contributed by atoms with E-state index in [1.165, 1.54) is 19.3 Å². The number of ether oxygens (including phenoxy) is 1. The minimum Gasteiger partial charge on any atom is -0.387 e. The van der Waals surface area contributed by atoms with Gasteiger partial charge in [0.2, 0.25) is 0 Å². The van der Waals surface area contributed by atoms with Crippen LogP contribution in [-0.4, -0.2) is 41.8 Å². The van der Waals surface area contributed by atoms with Crippen LogP contribution in [0.5, 0.6) is 0 Å². The van der Waals surface area contributed by atoms with E-state index in [1.807, 2.05) is 12.1 Å². The van der Waals surface area contributed by atoms with Crippen molar-refractivity contribution in [1.82, 2.24) is 4.90 Å². The second kappa shape index (κ2) is 6.57. The summed E-state index contributed by atoms with van der Waals surface area (Å²) in [6.45, 7) is 2.31. The van der Waals surface area contributed by atoms with Crippen LogP contribution in [0.15, 0.2) is 24.3 Å². The summed E-state index contributed by atoms with van der Waals surface area (Å²) in [5.74, 6) is 0. The molecule has 1 saturated carbocycles. The second-order valence-electron chi connectivity index (χ2n) is 6.01. The van der Waals surface area contributed by atoms with Crippen LogP contribution in [0.2, 0.25) is 0 Å². The molecule has 0 aromatic heterocycles. The van der Waals surface area contributed by atoms with Gasteiger partial charge in [-0.1, -0.05) is 25.0 Å². The van der Waals surface area contributed by atoms with Crippen molar-refractivity contribution in [3.63, 3.8) is 0 Å². The van der Waals surface area contributed by atoms with Gasteiger partial charge in [-0.3, -0.25) is 4.90 Å². The molecule has 2 aliphatic rings. The summed E-state index contributed by atoms with van der Waals surface area (Å²) in [5.41, 5.74) is 1.51. The topological polar surface area (TPSA) is 56.5 Å². The highest BCUT2D eigenvalue weighted by molar-refractivity contribution is 5.32. The lowest BCUT2D eigenvalue weighted by atomic mass is 9.89. The van der Waals surface area contributed by atoms with E-state index in [2.05, 4.69) is 11.0 Å². The highest BCUT2D eigenvalue weighted by atomic mass is 16.5. The van der Waals surface area contributed by atoms with E-state index < -0.39 is 6.10 Å². The lowest BCUT2D eigenvalue weighted by Crippen LogP contribution is -2.53. The standard InChI is InChI=1S/C17H22N2O2/c18-11-13-5-7-14(8-6-13)16(20)12-19-9-10-21-17-4-2-1-3-15(17)19/h5-8,15-17,20H,1-4,9-10,12H2. The summed E-state index contributed by atoms with van der Waals surface area (Å²) >= 11 is 0. The molecule has 0 amide bonds. The van der Waals surface area contributed by atoms with E-state index in [0.717, 1.165) is 25.1 Å². The van der Waals surface area contributed by atoms with Crippen molar-refractivity contribution >= 4 is 0 Å². The fourth-order valence-corrected chi connectivity index (χ4v) is 3.51. The van der Waals surface area contributed by atoms with Crippen LogP contribution >= 0.6 is 0 Å². The maximum Gasteiger partial charge on any atom is 0.0991 e. The number of fused-ring (bicyclic) bond motifs is 1. The molecule has 4 heteroatoms. The van der Waals surface area contributed by atoms with Gasteiger partial charge in [-0.2, -0.15) is 5.26 Å². The van der Waals surface area contributed by atoms with Crippen molar-refractivity contribution in [2.24, 2.45) is 0 Å². The molecule has 0 radical (unpaired) electrons. The average molecular weight is 286 g/mol. The number of hydrogen-bond acceptors (Lipinski definition) is 4. The lowest BCUT2D eigenvalue weighted by Gasteiger charge is -2.44. The van der Waals surface area contributed by atoms with Crippen molar-refractivity contribution in [2.45, 2.75) is 43.9 Å². The Morgan fingerprint density at radius 1 is 1.29 bits per heavy atom. The van der Waals surface area contributed by atoms with Crippen LogP contribution in [0.4, 0.5) is 0 Å². The van der Waals surface area contributed by atoms with Gasteiger partial charge >= 0.3 is 0 Å². The lowest BCUT2D eigenvalue weighted by molar-refractivity contribution is -0.0974. The Labute approximate surface area is 125 Å². The Morgan fingerprint density at radius 3 is 2.81 bits per heavy atom. The number of β-amino-alcohol motifs (C(OH)–C–C–N with tert-alkyl or cyclic N) is 1. The molecule has 3 unspecified atom stereocenters. The molecule has 1 heterocycles. The summed E-state index contributed by atoms with van der Waals surface area (Å²) in [4.78, 5) is 2.39. The number of morpholine rings is 1. The third kappa shape index (κ3) is 3.26. The van der Waals surface area contributed by atoms with Crippen LogP contribution in [0.25, 0.3) is 0 Å². The van der Waals surface area contributed by atoms with Gasteiger partial charge in [-0.05, 0) is 30.5 Å². The Balaban J connectivity index is 1.65. The fraction of sp³-hybridized carbons (Fsp3) is 0.588. The molecule has 1 aromatic carbocycles. The van der Waals surface area contributed by atoms with E-state index >= 15 is 0 Å². The van der Waals surface area contributed by atoms with E-state index in [4.69, 9.17) is 10.00 Å². The van der Waals surface area contributed by atoms with Gasteiger partial charge in [0, 0.05) is 19.1 Å². The Bertz CT molecular complexity index is 507. The van der Waals surface area contributed by atoms with Gasteiger partial charge in [0.15, 0.2) is 0 Å². The summed E-state index contributed by atoms with van der Waals surface area (Å²) in [7, 11) is 0. The van der Waals surface area contributed by atoms with E-state index in [9.17, 15) is 5.11 Å². The van der Waals surface area contributed by atoms with Crippen molar-refractivity contribution in [3.05, 3.63) is 35.4 Å². The minimum absolute atomic E-state index is 0.348. The van der Waals surface area contributed by atoms with Gasteiger partial charge in [0.05, 0.1) is 30.4 Å². The SMILES string of the molecule is N#Cc1ccc(C(O)CN2CCOC3CCCCC32)cc1. The molecule has 0 bridgehead atoms. The quantitative estimate of drug-likeness (QED) is 0.926. The molecular weight excluding hydrogens is 264 g/mol. The predicted octanol–water partition coefficient (Wildman–Crippen LogP) is 2.24. The first-order valence-electron chi connectivity index (χ1n) is 7.81. The van der Waals surface area contributed by atoms with Gasteiger partial charge < -0.3 is 9.84 Å². The molecule has 1 N–H and O–H groups in total. The molecule has 112 valence electrons. The van der Waals surface area contributed by atoms with E-state index in [-0.39, 0.29) is 0 Å². The van der Waals surface area contributed by atoms with Gasteiger partial charge in [-0.25, -0.2) is 0 Å². The molecule has 3 atom stereocenters. The summed E-state index contributed by atoms with van der Waals surface area (Å²) in [6.07, 6.45) is 4.68. The molecule has 4 nitrogen and oxygen atoms in total. The molecule has 1 aliphatic heterocycles. The molecular formula is C17H22N2O2. The molecule has 21 heavy (non-hydrogen) atoms. The van der Waals surface area contributed by atoms with Gasteiger partial charge in [0.25, 0.3) is 0 Å². The van der Waals surface area contributed by atoms with E-state index in [0.29, 0.717) is 24.3 Å². The first-order chi connectivity index (χ1) is 10.3. The largest absolute Gasteiger partial charge is 0.387 e. The zero-order chi connectivity index (χ0) is 14.7. The number of benzene rings is 1. The van der Waals surface area contributed by atoms with Gasteiger partial charge in [0.1, 0.15) is 0 Å². The summed E-state index contributed by atoms with van der Waals surface area (Å²) in [5, 5.41) is 19.3. The van der Waals surface area contributed by atoms with Crippen molar-refractivity contribution in [3.8, 4) is 6.07 Å². The normalized spacial score (nSPS) is 27.6. The van der Waals surface area contributed by atoms with Crippen molar-refractivity contribution < 1.29 is 9.84 Å². The molecule has 2 fully saturated rings.